The molecule has 1 fully saturated rings. The molecule has 9 nitrogen and oxygen atoms in total. The number of amides is 1. The Kier molecular flexibility index (Phi) is 6.68. The number of non-ortho nitro benzene ring substituents is 1. The summed E-state index contributed by atoms with van der Waals surface area (Å²) in [6, 6.07) is 13.0. The maximum Gasteiger partial charge on any atom is 0.269 e. The second-order valence-corrected chi connectivity index (χ2v) is 8.70. The molecule has 10 heteroatoms. The smallest absolute Gasteiger partial charge is 0.269 e. The number of nitro groups is 1. The lowest BCUT2D eigenvalue weighted by atomic mass is 10.2. The SMILES string of the molecule is O=C(/C=C/c1ccc(N2CCCS2(=O)=O)cc1)NCCNc1ccc([N+](=O)[O-])cc1. The molecule has 30 heavy (non-hydrogen) atoms. The second-order valence-electron chi connectivity index (χ2n) is 6.69. The van der Waals surface area contributed by atoms with Gasteiger partial charge in [0.1, 0.15) is 0 Å². The van der Waals surface area contributed by atoms with Crippen molar-refractivity contribution in [3.8, 4) is 0 Å². The lowest BCUT2D eigenvalue weighted by Gasteiger charge is -2.16. The molecule has 0 atom stereocenters. The molecule has 1 aliphatic rings. The monoisotopic (exact) mass is 430 g/mol. The summed E-state index contributed by atoms with van der Waals surface area (Å²) >= 11 is 0. The topological polar surface area (TPSA) is 122 Å². The minimum absolute atomic E-state index is 0.0223. The first-order valence-corrected chi connectivity index (χ1v) is 11.0. The van der Waals surface area contributed by atoms with Crippen LogP contribution in [0.4, 0.5) is 17.1 Å². The maximum atomic E-state index is 11.9. The highest BCUT2D eigenvalue weighted by Gasteiger charge is 2.28. The average Bonchev–Trinajstić information content (AvgIpc) is 3.09. The number of benzene rings is 2. The van der Waals surface area contributed by atoms with Gasteiger partial charge in [-0.3, -0.25) is 19.2 Å². The Morgan fingerprint density at radius 3 is 2.40 bits per heavy atom. The van der Waals surface area contributed by atoms with Gasteiger partial charge in [-0.25, -0.2) is 8.42 Å². The molecular weight excluding hydrogens is 408 g/mol. The predicted octanol–water partition coefficient (Wildman–Crippen LogP) is 2.38. The molecule has 1 aliphatic heterocycles. The van der Waals surface area contributed by atoms with E-state index in [1.54, 1.807) is 42.5 Å². The molecule has 1 amide bonds. The highest BCUT2D eigenvalue weighted by Crippen LogP contribution is 2.24. The summed E-state index contributed by atoms with van der Waals surface area (Å²) in [5.41, 5.74) is 2.17. The molecule has 0 saturated carbocycles. The van der Waals surface area contributed by atoms with E-state index in [1.165, 1.54) is 22.5 Å². The van der Waals surface area contributed by atoms with Crippen LogP contribution < -0.4 is 14.9 Å². The number of anilines is 2. The van der Waals surface area contributed by atoms with E-state index in [4.69, 9.17) is 0 Å². The van der Waals surface area contributed by atoms with Crippen LogP contribution in [0.1, 0.15) is 12.0 Å². The first kappa shape index (κ1) is 21.3. The molecule has 1 heterocycles. The van der Waals surface area contributed by atoms with E-state index in [0.717, 1.165) is 11.3 Å². The number of sulfonamides is 1. The van der Waals surface area contributed by atoms with E-state index in [0.29, 0.717) is 31.7 Å². The molecule has 0 bridgehead atoms. The summed E-state index contributed by atoms with van der Waals surface area (Å²) < 4.78 is 25.3. The summed E-state index contributed by atoms with van der Waals surface area (Å²) in [6.45, 7) is 1.34. The van der Waals surface area contributed by atoms with Crippen molar-refractivity contribution in [3.05, 3.63) is 70.3 Å². The molecule has 0 unspecified atom stereocenters. The van der Waals surface area contributed by atoms with Gasteiger partial charge in [0.2, 0.25) is 15.9 Å². The van der Waals surface area contributed by atoms with Crippen LogP contribution in [0.3, 0.4) is 0 Å². The number of nitrogens with zero attached hydrogens (tertiary/aromatic N) is 2. The van der Waals surface area contributed by atoms with Crippen molar-refractivity contribution in [1.29, 1.82) is 0 Å². The zero-order valence-electron chi connectivity index (χ0n) is 16.2. The molecule has 2 aromatic rings. The minimum Gasteiger partial charge on any atom is -0.383 e. The number of nitro benzene ring substituents is 1. The Hall–Kier alpha value is -3.40. The van der Waals surface area contributed by atoms with Gasteiger partial charge in [-0.2, -0.15) is 0 Å². The molecule has 0 spiro atoms. The van der Waals surface area contributed by atoms with Gasteiger partial charge in [0.15, 0.2) is 0 Å². The number of carbonyl (C=O) groups excluding carboxylic acids is 1. The van der Waals surface area contributed by atoms with Gasteiger partial charge in [-0.05, 0) is 42.3 Å². The van der Waals surface area contributed by atoms with Crippen LogP contribution in [0, 0.1) is 10.1 Å². The number of hydrogen-bond donors (Lipinski definition) is 2. The van der Waals surface area contributed by atoms with Crippen molar-refractivity contribution in [2.24, 2.45) is 0 Å². The van der Waals surface area contributed by atoms with Crippen molar-refractivity contribution >= 4 is 39.1 Å². The zero-order chi connectivity index (χ0) is 21.6. The number of carbonyl (C=O) groups is 1. The van der Waals surface area contributed by atoms with Crippen molar-refractivity contribution < 1.29 is 18.1 Å². The molecule has 2 aromatic carbocycles. The first-order valence-electron chi connectivity index (χ1n) is 9.40. The highest BCUT2D eigenvalue weighted by atomic mass is 32.2. The number of hydrogen-bond acceptors (Lipinski definition) is 6. The fourth-order valence-corrected chi connectivity index (χ4v) is 4.57. The van der Waals surface area contributed by atoms with E-state index in [1.807, 2.05) is 0 Å². The van der Waals surface area contributed by atoms with E-state index in [9.17, 15) is 23.3 Å². The van der Waals surface area contributed by atoms with Crippen molar-refractivity contribution in [1.82, 2.24) is 5.32 Å². The fourth-order valence-electron chi connectivity index (χ4n) is 3.01. The van der Waals surface area contributed by atoms with Gasteiger partial charge in [-0.1, -0.05) is 12.1 Å². The molecular formula is C20H22N4O5S. The van der Waals surface area contributed by atoms with E-state index in [-0.39, 0.29) is 17.3 Å². The van der Waals surface area contributed by atoms with Gasteiger partial charge in [0.05, 0.1) is 16.4 Å². The molecule has 0 aromatic heterocycles. The number of nitrogens with one attached hydrogen (secondary N) is 2. The summed E-state index contributed by atoms with van der Waals surface area (Å²) in [4.78, 5) is 22.1. The van der Waals surface area contributed by atoms with Crippen LogP contribution in [0.2, 0.25) is 0 Å². The van der Waals surface area contributed by atoms with Crippen LogP contribution in [-0.2, 0) is 14.8 Å². The fraction of sp³-hybridized carbons (Fsp3) is 0.250. The maximum absolute atomic E-state index is 11.9. The Morgan fingerprint density at radius 2 is 1.80 bits per heavy atom. The van der Waals surface area contributed by atoms with E-state index < -0.39 is 14.9 Å². The van der Waals surface area contributed by atoms with E-state index in [2.05, 4.69) is 10.6 Å². The highest BCUT2D eigenvalue weighted by molar-refractivity contribution is 7.93. The van der Waals surface area contributed by atoms with Crippen LogP contribution in [0.5, 0.6) is 0 Å². The quantitative estimate of drug-likeness (QED) is 0.287. The number of rotatable bonds is 8. The van der Waals surface area contributed by atoms with Gasteiger partial charge in [-0.15, -0.1) is 0 Å². The normalized spacial score (nSPS) is 15.3. The van der Waals surface area contributed by atoms with Gasteiger partial charge >= 0.3 is 0 Å². The van der Waals surface area contributed by atoms with Gasteiger partial charge < -0.3 is 10.6 Å². The third-order valence-electron chi connectivity index (χ3n) is 4.54. The standard InChI is InChI=1S/C20H22N4O5S/c25-20(22-13-12-21-17-5-9-19(10-6-17)24(26)27)11-4-16-2-7-18(8-3-16)23-14-1-15-30(23,28)29/h2-11,21H,1,12-15H2,(H,22,25)/b11-4+. The van der Waals surface area contributed by atoms with E-state index >= 15 is 0 Å². The van der Waals surface area contributed by atoms with Crippen LogP contribution >= 0.6 is 0 Å². The van der Waals surface area contributed by atoms with Crippen molar-refractivity contribution in [2.75, 3.05) is 35.0 Å². The Bertz CT molecular complexity index is 1030. The lowest BCUT2D eigenvalue weighted by Crippen LogP contribution is -2.27. The molecule has 0 aliphatic carbocycles. The van der Waals surface area contributed by atoms with Crippen LogP contribution in [0.15, 0.2) is 54.6 Å². The zero-order valence-corrected chi connectivity index (χ0v) is 17.0. The summed E-state index contributed by atoms with van der Waals surface area (Å²) in [5, 5.41) is 16.4. The van der Waals surface area contributed by atoms with Crippen molar-refractivity contribution in [3.63, 3.8) is 0 Å². The molecule has 0 radical (unpaired) electrons. The van der Waals surface area contributed by atoms with Crippen molar-refractivity contribution in [2.45, 2.75) is 6.42 Å². The predicted molar refractivity (Wildman–Crippen MR) is 116 cm³/mol. The molecule has 158 valence electrons. The van der Waals surface area contributed by atoms with Gasteiger partial charge in [0.25, 0.3) is 5.69 Å². The largest absolute Gasteiger partial charge is 0.383 e. The summed E-state index contributed by atoms with van der Waals surface area (Å²) in [5.74, 6) is -0.0832. The molecule has 3 rings (SSSR count). The molecule has 1 saturated heterocycles. The average molecular weight is 430 g/mol. The third-order valence-corrected chi connectivity index (χ3v) is 6.41. The van der Waals surface area contributed by atoms with Crippen LogP contribution in [-0.4, -0.2) is 44.6 Å². The Labute approximate surface area is 174 Å². The lowest BCUT2D eigenvalue weighted by molar-refractivity contribution is -0.384. The van der Waals surface area contributed by atoms with Gasteiger partial charge in [0, 0.05) is 43.5 Å². The summed E-state index contributed by atoms with van der Waals surface area (Å²) in [7, 11) is -3.20. The van der Waals surface area contributed by atoms with Crippen LogP contribution in [0.25, 0.3) is 6.08 Å². The third kappa shape index (κ3) is 5.57. The second kappa shape index (κ2) is 9.40. The first-order chi connectivity index (χ1) is 14.3. The summed E-state index contributed by atoms with van der Waals surface area (Å²) in [6.07, 6.45) is 3.69. The Morgan fingerprint density at radius 1 is 1.10 bits per heavy atom. The Balaban J connectivity index is 1.43. The minimum atomic E-state index is -3.20. The molecule has 2 N–H and O–H groups in total.